The summed E-state index contributed by atoms with van der Waals surface area (Å²) >= 11 is 0. The highest BCUT2D eigenvalue weighted by atomic mass is 15.1. The van der Waals surface area contributed by atoms with Crippen molar-refractivity contribution in [1.82, 2.24) is 9.88 Å². The van der Waals surface area contributed by atoms with Gasteiger partial charge in [-0.05, 0) is 40.5 Å². The van der Waals surface area contributed by atoms with Gasteiger partial charge in [0.2, 0.25) is 0 Å². The summed E-state index contributed by atoms with van der Waals surface area (Å²) < 4.78 is 0. The van der Waals surface area contributed by atoms with Crippen LogP contribution in [0.2, 0.25) is 0 Å². The van der Waals surface area contributed by atoms with E-state index in [0.717, 1.165) is 26.1 Å². The van der Waals surface area contributed by atoms with E-state index in [2.05, 4.69) is 88.9 Å². The largest absolute Gasteiger partial charge is 0.361 e. The number of para-hydroxylation sites is 1. The van der Waals surface area contributed by atoms with E-state index in [9.17, 15) is 0 Å². The molecule has 0 bridgehead atoms. The molecule has 0 aliphatic carbocycles. The quantitative estimate of drug-likeness (QED) is 0.514. The first-order valence-electron chi connectivity index (χ1n) is 9.32. The molecule has 2 heterocycles. The lowest BCUT2D eigenvalue weighted by atomic mass is 9.98. The fourth-order valence-electron chi connectivity index (χ4n) is 4.03. The second-order valence-corrected chi connectivity index (χ2v) is 7.14. The minimum atomic E-state index is 1.02. The summed E-state index contributed by atoms with van der Waals surface area (Å²) in [5, 5.41) is 3.98. The molecule has 0 amide bonds. The van der Waals surface area contributed by atoms with E-state index in [-0.39, 0.29) is 0 Å². The molecule has 4 aromatic rings. The van der Waals surface area contributed by atoms with Gasteiger partial charge in [0.05, 0.1) is 0 Å². The third kappa shape index (κ3) is 2.83. The number of aromatic amines is 1. The second-order valence-electron chi connectivity index (χ2n) is 7.14. The number of nitrogens with zero attached hydrogens (tertiary/aromatic N) is 1. The van der Waals surface area contributed by atoms with Crippen molar-refractivity contribution in [2.24, 2.45) is 0 Å². The van der Waals surface area contributed by atoms with Gasteiger partial charge in [-0.2, -0.15) is 0 Å². The Morgan fingerprint density at radius 3 is 2.62 bits per heavy atom. The molecular weight excluding hydrogens is 316 g/mol. The molecule has 0 spiro atoms. The number of benzene rings is 3. The Morgan fingerprint density at radius 1 is 0.885 bits per heavy atom. The maximum Gasteiger partial charge on any atom is 0.0460 e. The number of H-pyrrole nitrogens is 1. The lowest BCUT2D eigenvalue weighted by Crippen LogP contribution is -2.27. The highest BCUT2D eigenvalue weighted by Gasteiger charge is 2.15. The van der Waals surface area contributed by atoms with Crippen LogP contribution in [0.15, 0.2) is 79.0 Å². The molecule has 0 saturated heterocycles. The first-order valence-corrected chi connectivity index (χ1v) is 9.32. The van der Waals surface area contributed by atoms with Gasteiger partial charge >= 0.3 is 0 Å². The zero-order valence-electron chi connectivity index (χ0n) is 14.8. The zero-order valence-corrected chi connectivity index (χ0v) is 14.8. The molecule has 0 unspecified atom stereocenters. The van der Waals surface area contributed by atoms with Gasteiger partial charge in [-0.3, -0.25) is 4.90 Å². The van der Waals surface area contributed by atoms with Crippen molar-refractivity contribution < 1.29 is 0 Å². The molecule has 1 aromatic heterocycles. The SMILES string of the molecule is C1=C(c2c[nH]c3ccccc23)CCN(Cc2ccc3ccccc3c2)C1. The number of hydrogen-bond donors (Lipinski definition) is 1. The van der Waals surface area contributed by atoms with Crippen LogP contribution in [0.3, 0.4) is 0 Å². The lowest BCUT2D eigenvalue weighted by Gasteiger charge is -2.26. The van der Waals surface area contributed by atoms with E-state index < -0.39 is 0 Å². The predicted molar refractivity (Wildman–Crippen MR) is 110 cm³/mol. The van der Waals surface area contributed by atoms with E-state index in [1.54, 1.807) is 0 Å². The summed E-state index contributed by atoms with van der Waals surface area (Å²) in [6.07, 6.45) is 5.67. The summed E-state index contributed by atoms with van der Waals surface area (Å²) in [6, 6.07) is 24.0. The average Bonchev–Trinajstić information content (AvgIpc) is 3.13. The fourth-order valence-corrected chi connectivity index (χ4v) is 4.03. The second kappa shape index (κ2) is 6.47. The molecule has 0 fully saturated rings. The Balaban J connectivity index is 1.34. The standard InChI is InChI=1S/C24H22N2/c1-2-6-21-15-18(9-10-19(21)5-1)17-26-13-11-20(12-14-26)23-16-25-24-8-4-3-7-22(23)24/h1-11,15-16,25H,12-14,17H2. The molecule has 128 valence electrons. The van der Waals surface area contributed by atoms with Crippen molar-refractivity contribution in [2.75, 3.05) is 13.1 Å². The van der Waals surface area contributed by atoms with Gasteiger partial charge in [0, 0.05) is 42.3 Å². The molecule has 0 radical (unpaired) electrons. The Bertz CT molecular complexity index is 1100. The van der Waals surface area contributed by atoms with E-state index in [1.807, 2.05) is 0 Å². The third-order valence-electron chi connectivity index (χ3n) is 5.45. The van der Waals surface area contributed by atoms with Crippen molar-refractivity contribution in [1.29, 1.82) is 0 Å². The van der Waals surface area contributed by atoms with Gasteiger partial charge in [-0.25, -0.2) is 0 Å². The molecule has 26 heavy (non-hydrogen) atoms. The van der Waals surface area contributed by atoms with Crippen molar-refractivity contribution in [3.05, 3.63) is 90.1 Å². The Hall–Kier alpha value is -2.84. The summed E-state index contributed by atoms with van der Waals surface area (Å²) in [7, 11) is 0. The summed E-state index contributed by atoms with van der Waals surface area (Å²) in [5.41, 5.74) is 5.46. The van der Waals surface area contributed by atoms with Crippen LogP contribution in [-0.2, 0) is 6.54 Å². The number of hydrogen-bond acceptors (Lipinski definition) is 1. The topological polar surface area (TPSA) is 19.0 Å². The van der Waals surface area contributed by atoms with Gasteiger partial charge in [0.15, 0.2) is 0 Å². The van der Waals surface area contributed by atoms with Gasteiger partial charge in [-0.15, -0.1) is 0 Å². The van der Waals surface area contributed by atoms with Gasteiger partial charge in [-0.1, -0.05) is 60.7 Å². The highest BCUT2D eigenvalue weighted by Crippen LogP contribution is 2.29. The fraction of sp³-hybridized carbons (Fsp3) is 0.167. The van der Waals surface area contributed by atoms with Crippen LogP contribution in [0.25, 0.3) is 27.2 Å². The van der Waals surface area contributed by atoms with E-state index in [4.69, 9.17) is 0 Å². The number of rotatable bonds is 3. The maximum absolute atomic E-state index is 3.40. The molecule has 2 heteroatoms. The Labute approximate surface area is 153 Å². The first-order chi connectivity index (χ1) is 12.9. The molecule has 5 rings (SSSR count). The van der Waals surface area contributed by atoms with E-state index in [0.29, 0.717) is 0 Å². The van der Waals surface area contributed by atoms with Crippen LogP contribution in [-0.4, -0.2) is 23.0 Å². The van der Waals surface area contributed by atoms with Crippen LogP contribution >= 0.6 is 0 Å². The number of nitrogens with one attached hydrogen (secondary N) is 1. The van der Waals surface area contributed by atoms with Crippen LogP contribution in [0.1, 0.15) is 17.5 Å². The van der Waals surface area contributed by atoms with Crippen molar-refractivity contribution in [2.45, 2.75) is 13.0 Å². The predicted octanol–water partition coefficient (Wildman–Crippen LogP) is 5.61. The normalized spacial score (nSPS) is 15.5. The van der Waals surface area contributed by atoms with Crippen molar-refractivity contribution >= 4 is 27.2 Å². The molecule has 1 N–H and O–H groups in total. The average molecular weight is 338 g/mol. The molecule has 0 saturated carbocycles. The minimum Gasteiger partial charge on any atom is -0.361 e. The minimum absolute atomic E-state index is 1.02. The van der Waals surface area contributed by atoms with E-state index in [1.165, 1.54) is 38.4 Å². The van der Waals surface area contributed by atoms with E-state index >= 15 is 0 Å². The van der Waals surface area contributed by atoms with Crippen LogP contribution in [0, 0.1) is 0 Å². The number of aromatic nitrogens is 1. The van der Waals surface area contributed by atoms with Gasteiger partial charge in [0.25, 0.3) is 0 Å². The summed E-state index contributed by atoms with van der Waals surface area (Å²) in [4.78, 5) is 5.93. The van der Waals surface area contributed by atoms with Gasteiger partial charge < -0.3 is 4.98 Å². The molecule has 1 aliphatic heterocycles. The Kier molecular flexibility index (Phi) is 3.84. The van der Waals surface area contributed by atoms with Crippen molar-refractivity contribution in [3.8, 4) is 0 Å². The first kappa shape index (κ1) is 15.4. The highest BCUT2D eigenvalue weighted by molar-refractivity contribution is 5.92. The third-order valence-corrected chi connectivity index (χ3v) is 5.45. The summed E-state index contributed by atoms with van der Waals surface area (Å²) in [5.74, 6) is 0. The molecule has 1 aliphatic rings. The molecule has 3 aromatic carbocycles. The zero-order chi connectivity index (χ0) is 17.3. The van der Waals surface area contributed by atoms with Crippen LogP contribution < -0.4 is 0 Å². The summed E-state index contributed by atoms with van der Waals surface area (Å²) in [6.45, 7) is 3.14. The smallest absolute Gasteiger partial charge is 0.0460 e. The maximum atomic E-state index is 3.40. The molecule has 0 atom stereocenters. The van der Waals surface area contributed by atoms with Crippen LogP contribution in [0.5, 0.6) is 0 Å². The molecular formula is C24H22N2. The van der Waals surface area contributed by atoms with Gasteiger partial charge in [0.1, 0.15) is 0 Å². The van der Waals surface area contributed by atoms with Crippen molar-refractivity contribution in [3.63, 3.8) is 0 Å². The monoisotopic (exact) mass is 338 g/mol. The Morgan fingerprint density at radius 2 is 1.73 bits per heavy atom. The number of fused-ring (bicyclic) bond motifs is 2. The lowest BCUT2D eigenvalue weighted by molar-refractivity contribution is 0.294. The van der Waals surface area contributed by atoms with Crippen LogP contribution in [0.4, 0.5) is 0 Å². The molecule has 2 nitrogen and oxygen atoms in total.